The second kappa shape index (κ2) is 6.49. The zero-order valence-electron chi connectivity index (χ0n) is 11.8. The molecule has 6 heteroatoms. The van der Waals surface area contributed by atoms with E-state index in [-0.39, 0.29) is 5.91 Å². The van der Waals surface area contributed by atoms with Crippen molar-refractivity contribution in [3.8, 4) is 0 Å². The molecule has 2 rings (SSSR count). The van der Waals surface area contributed by atoms with E-state index in [9.17, 15) is 14.7 Å². The van der Waals surface area contributed by atoms with Crippen molar-refractivity contribution >= 4 is 28.9 Å². The number of benzene rings is 1. The van der Waals surface area contributed by atoms with E-state index in [0.29, 0.717) is 17.0 Å². The van der Waals surface area contributed by atoms with Crippen molar-refractivity contribution in [3.05, 3.63) is 45.4 Å². The van der Waals surface area contributed by atoms with Gasteiger partial charge in [0.1, 0.15) is 4.88 Å². The highest BCUT2D eigenvalue weighted by Crippen LogP contribution is 2.22. The number of hydrogen-bond donors (Lipinski definition) is 2. The summed E-state index contributed by atoms with van der Waals surface area (Å²) in [5, 5.41) is 12.7. The van der Waals surface area contributed by atoms with Crippen LogP contribution in [0, 0.1) is 0 Å². The number of carboxylic acids is 1. The molecule has 1 amide bonds. The van der Waals surface area contributed by atoms with Gasteiger partial charge in [-0.3, -0.25) is 4.79 Å². The summed E-state index contributed by atoms with van der Waals surface area (Å²) < 4.78 is 0. The van der Waals surface area contributed by atoms with Crippen LogP contribution < -0.4 is 5.32 Å². The van der Waals surface area contributed by atoms with Gasteiger partial charge in [-0.2, -0.15) is 0 Å². The van der Waals surface area contributed by atoms with Crippen molar-refractivity contribution in [2.24, 2.45) is 0 Å². The Morgan fingerprint density at radius 1 is 1.29 bits per heavy atom. The molecule has 2 aromatic rings. The van der Waals surface area contributed by atoms with Gasteiger partial charge in [0.2, 0.25) is 5.91 Å². The van der Waals surface area contributed by atoms with Crippen molar-refractivity contribution in [2.75, 3.05) is 5.32 Å². The van der Waals surface area contributed by atoms with E-state index in [1.54, 1.807) is 12.1 Å². The standard InChI is InChI=1S/C15H16N2O3S/c1-3-13-17-12(14(21-13)15(19)20)8-10-4-6-11(7-5-10)16-9(2)18/h4-7H,3,8H2,1-2H3,(H,16,18)(H,19,20). The zero-order chi connectivity index (χ0) is 15.4. The summed E-state index contributed by atoms with van der Waals surface area (Å²) in [5.41, 5.74) is 2.27. The molecule has 0 aliphatic carbocycles. The first kappa shape index (κ1) is 15.2. The van der Waals surface area contributed by atoms with Crippen LogP contribution >= 0.6 is 11.3 Å². The van der Waals surface area contributed by atoms with Crippen LogP contribution in [0.3, 0.4) is 0 Å². The fourth-order valence-electron chi connectivity index (χ4n) is 1.94. The number of thiazole rings is 1. The van der Waals surface area contributed by atoms with Gasteiger partial charge in [-0.05, 0) is 24.1 Å². The SMILES string of the molecule is CCc1nc(Cc2ccc(NC(C)=O)cc2)c(C(=O)O)s1. The highest BCUT2D eigenvalue weighted by molar-refractivity contribution is 7.13. The minimum Gasteiger partial charge on any atom is -0.477 e. The number of carbonyl (C=O) groups excluding carboxylic acids is 1. The van der Waals surface area contributed by atoms with Crippen LogP contribution in [0.2, 0.25) is 0 Å². The Bertz CT molecular complexity index is 662. The van der Waals surface area contributed by atoms with Gasteiger partial charge in [0.15, 0.2) is 0 Å². The zero-order valence-corrected chi connectivity index (χ0v) is 12.7. The van der Waals surface area contributed by atoms with E-state index < -0.39 is 5.97 Å². The number of nitrogens with one attached hydrogen (secondary N) is 1. The third kappa shape index (κ3) is 3.88. The minimum absolute atomic E-state index is 0.122. The summed E-state index contributed by atoms with van der Waals surface area (Å²) >= 11 is 1.23. The predicted molar refractivity (Wildman–Crippen MR) is 82.0 cm³/mol. The number of rotatable bonds is 5. The molecule has 1 aromatic carbocycles. The van der Waals surface area contributed by atoms with Gasteiger partial charge in [0, 0.05) is 19.0 Å². The average Bonchev–Trinajstić information content (AvgIpc) is 2.84. The van der Waals surface area contributed by atoms with E-state index in [2.05, 4.69) is 10.3 Å². The van der Waals surface area contributed by atoms with Gasteiger partial charge < -0.3 is 10.4 Å². The largest absolute Gasteiger partial charge is 0.477 e. The van der Waals surface area contributed by atoms with Crippen LogP contribution in [0.15, 0.2) is 24.3 Å². The number of nitrogens with zero attached hydrogens (tertiary/aromatic N) is 1. The molecule has 0 aliphatic heterocycles. The Morgan fingerprint density at radius 3 is 2.48 bits per heavy atom. The first-order chi connectivity index (χ1) is 9.99. The number of aromatic nitrogens is 1. The molecular formula is C15H16N2O3S. The molecule has 2 N–H and O–H groups in total. The topological polar surface area (TPSA) is 79.3 Å². The molecule has 0 radical (unpaired) electrons. The molecule has 1 heterocycles. The lowest BCUT2D eigenvalue weighted by molar-refractivity contribution is -0.114. The maximum atomic E-state index is 11.2. The Hall–Kier alpha value is -2.21. The first-order valence-corrected chi connectivity index (χ1v) is 7.39. The molecule has 5 nitrogen and oxygen atoms in total. The van der Waals surface area contributed by atoms with Gasteiger partial charge >= 0.3 is 5.97 Å². The van der Waals surface area contributed by atoms with Crippen molar-refractivity contribution in [1.82, 2.24) is 4.98 Å². The highest BCUT2D eigenvalue weighted by Gasteiger charge is 2.16. The Morgan fingerprint density at radius 2 is 1.95 bits per heavy atom. The Kier molecular flexibility index (Phi) is 4.70. The summed E-state index contributed by atoms with van der Waals surface area (Å²) in [6.45, 7) is 3.41. The van der Waals surface area contributed by atoms with Crippen LogP contribution in [0.5, 0.6) is 0 Å². The van der Waals surface area contributed by atoms with Crippen LogP contribution in [-0.4, -0.2) is 22.0 Å². The van der Waals surface area contributed by atoms with E-state index >= 15 is 0 Å². The lowest BCUT2D eigenvalue weighted by Crippen LogP contribution is -2.05. The van der Waals surface area contributed by atoms with Crippen molar-refractivity contribution in [2.45, 2.75) is 26.7 Å². The molecule has 0 spiro atoms. The van der Waals surface area contributed by atoms with E-state index in [1.165, 1.54) is 18.3 Å². The number of aryl methyl sites for hydroxylation is 1. The van der Waals surface area contributed by atoms with Gasteiger partial charge in [0.25, 0.3) is 0 Å². The Balaban J connectivity index is 2.19. The molecule has 0 atom stereocenters. The second-order valence-corrected chi connectivity index (χ2v) is 5.68. The van der Waals surface area contributed by atoms with E-state index in [4.69, 9.17) is 0 Å². The van der Waals surface area contributed by atoms with Gasteiger partial charge in [-0.25, -0.2) is 9.78 Å². The number of amides is 1. The summed E-state index contributed by atoms with van der Waals surface area (Å²) in [4.78, 5) is 26.9. The molecule has 0 unspecified atom stereocenters. The molecule has 0 aliphatic rings. The quantitative estimate of drug-likeness (QED) is 0.890. The molecule has 1 aromatic heterocycles. The molecular weight excluding hydrogens is 288 g/mol. The molecule has 0 saturated carbocycles. The van der Waals surface area contributed by atoms with Crippen molar-refractivity contribution < 1.29 is 14.7 Å². The predicted octanol–water partition coefficient (Wildman–Crippen LogP) is 2.95. The minimum atomic E-state index is -0.933. The molecule has 0 saturated heterocycles. The van der Waals surface area contributed by atoms with Crippen LogP contribution in [-0.2, 0) is 17.6 Å². The van der Waals surface area contributed by atoms with Gasteiger partial charge in [-0.1, -0.05) is 19.1 Å². The van der Waals surface area contributed by atoms with Crippen molar-refractivity contribution in [3.63, 3.8) is 0 Å². The van der Waals surface area contributed by atoms with Crippen LogP contribution in [0.25, 0.3) is 0 Å². The third-order valence-corrected chi connectivity index (χ3v) is 4.11. The second-order valence-electron chi connectivity index (χ2n) is 4.60. The summed E-state index contributed by atoms with van der Waals surface area (Å²) in [6.07, 6.45) is 1.20. The summed E-state index contributed by atoms with van der Waals surface area (Å²) in [6, 6.07) is 7.32. The van der Waals surface area contributed by atoms with Crippen LogP contribution in [0.4, 0.5) is 5.69 Å². The number of carboxylic acid groups (broad SMARTS) is 1. The smallest absolute Gasteiger partial charge is 0.347 e. The number of hydrogen-bond acceptors (Lipinski definition) is 4. The maximum Gasteiger partial charge on any atom is 0.347 e. The van der Waals surface area contributed by atoms with Crippen LogP contribution in [0.1, 0.15) is 39.8 Å². The van der Waals surface area contributed by atoms with Gasteiger partial charge in [0.05, 0.1) is 10.7 Å². The molecule has 21 heavy (non-hydrogen) atoms. The normalized spacial score (nSPS) is 10.4. The first-order valence-electron chi connectivity index (χ1n) is 6.58. The summed E-state index contributed by atoms with van der Waals surface area (Å²) in [5.74, 6) is -1.06. The van der Waals surface area contributed by atoms with E-state index in [0.717, 1.165) is 22.7 Å². The fraction of sp³-hybridized carbons (Fsp3) is 0.267. The maximum absolute atomic E-state index is 11.2. The number of carbonyl (C=O) groups is 2. The fourth-order valence-corrected chi connectivity index (χ4v) is 2.80. The number of aromatic carboxylic acids is 1. The van der Waals surface area contributed by atoms with Gasteiger partial charge in [-0.15, -0.1) is 11.3 Å². The monoisotopic (exact) mass is 304 g/mol. The third-order valence-electron chi connectivity index (χ3n) is 2.88. The van der Waals surface area contributed by atoms with Crippen molar-refractivity contribution in [1.29, 1.82) is 0 Å². The summed E-state index contributed by atoms with van der Waals surface area (Å²) in [7, 11) is 0. The lowest BCUT2D eigenvalue weighted by atomic mass is 10.1. The average molecular weight is 304 g/mol. The number of anilines is 1. The molecule has 110 valence electrons. The van der Waals surface area contributed by atoms with E-state index in [1.807, 2.05) is 19.1 Å². The lowest BCUT2D eigenvalue weighted by Gasteiger charge is -2.04. The molecule has 0 fully saturated rings. The highest BCUT2D eigenvalue weighted by atomic mass is 32.1. The molecule has 0 bridgehead atoms. The Labute approximate surface area is 126 Å².